The van der Waals surface area contributed by atoms with E-state index in [1.165, 1.54) is 6.42 Å². The van der Waals surface area contributed by atoms with Gasteiger partial charge in [-0.25, -0.2) is 0 Å². The number of ether oxygens (including phenoxy) is 1. The Morgan fingerprint density at radius 2 is 2.50 bits per heavy atom. The van der Waals surface area contributed by atoms with Crippen molar-refractivity contribution in [3.8, 4) is 0 Å². The van der Waals surface area contributed by atoms with Crippen LogP contribution in [0.4, 0.5) is 0 Å². The molecule has 10 heavy (non-hydrogen) atoms. The molecule has 0 aliphatic carbocycles. The molecular formula is C8H17NO. The first-order valence-electron chi connectivity index (χ1n) is 4.19. The lowest BCUT2D eigenvalue weighted by Crippen LogP contribution is -2.21. The van der Waals surface area contributed by atoms with Crippen LogP contribution in [0.1, 0.15) is 26.7 Å². The van der Waals surface area contributed by atoms with Crippen LogP contribution in [0.5, 0.6) is 0 Å². The summed E-state index contributed by atoms with van der Waals surface area (Å²) in [7, 11) is 0. The van der Waals surface area contributed by atoms with Gasteiger partial charge in [0.05, 0.1) is 12.2 Å². The zero-order valence-electron chi connectivity index (χ0n) is 6.89. The third-order valence-corrected chi connectivity index (χ3v) is 2.01. The van der Waals surface area contributed by atoms with Crippen LogP contribution in [0.3, 0.4) is 0 Å². The summed E-state index contributed by atoms with van der Waals surface area (Å²) in [5, 5.41) is 3.28. The maximum Gasteiger partial charge on any atom is 0.0715 e. The van der Waals surface area contributed by atoms with E-state index in [1.54, 1.807) is 0 Å². The summed E-state index contributed by atoms with van der Waals surface area (Å²) < 4.78 is 5.70. The zero-order chi connectivity index (χ0) is 7.40. The van der Waals surface area contributed by atoms with Crippen molar-refractivity contribution in [3.63, 3.8) is 0 Å². The molecule has 1 aliphatic heterocycles. The predicted molar refractivity (Wildman–Crippen MR) is 42.1 cm³/mol. The van der Waals surface area contributed by atoms with Crippen LogP contribution in [0.2, 0.25) is 0 Å². The van der Waals surface area contributed by atoms with Crippen molar-refractivity contribution in [1.29, 1.82) is 0 Å². The van der Waals surface area contributed by atoms with Crippen molar-refractivity contribution < 1.29 is 4.74 Å². The molecule has 0 aromatic rings. The predicted octanol–water partition coefficient (Wildman–Crippen LogP) is 1.16. The minimum Gasteiger partial charge on any atom is -0.374 e. The minimum atomic E-state index is 0.435. The van der Waals surface area contributed by atoms with Crippen LogP contribution < -0.4 is 5.32 Å². The maximum atomic E-state index is 5.70. The van der Waals surface area contributed by atoms with Crippen molar-refractivity contribution >= 4 is 0 Å². The highest BCUT2D eigenvalue weighted by atomic mass is 16.5. The van der Waals surface area contributed by atoms with E-state index in [-0.39, 0.29) is 0 Å². The molecular weight excluding hydrogens is 126 g/mol. The monoisotopic (exact) mass is 143 g/mol. The van der Waals surface area contributed by atoms with Gasteiger partial charge in [-0.1, -0.05) is 6.92 Å². The van der Waals surface area contributed by atoms with Gasteiger partial charge < -0.3 is 10.1 Å². The Hall–Kier alpha value is -0.0800. The number of rotatable bonds is 3. The smallest absolute Gasteiger partial charge is 0.0715 e. The molecule has 2 nitrogen and oxygen atoms in total. The third-order valence-electron chi connectivity index (χ3n) is 2.01. The molecule has 1 fully saturated rings. The van der Waals surface area contributed by atoms with Gasteiger partial charge in [-0.05, 0) is 26.3 Å². The summed E-state index contributed by atoms with van der Waals surface area (Å²) in [6, 6.07) is 0. The Kier molecular flexibility index (Phi) is 3.16. The van der Waals surface area contributed by atoms with Gasteiger partial charge in [0, 0.05) is 6.54 Å². The molecule has 1 saturated heterocycles. The van der Waals surface area contributed by atoms with Crippen molar-refractivity contribution in [2.45, 2.75) is 38.9 Å². The van der Waals surface area contributed by atoms with Crippen molar-refractivity contribution in [1.82, 2.24) is 5.32 Å². The summed E-state index contributed by atoms with van der Waals surface area (Å²) in [5.74, 6) is 0. The summed E-state index contributed by atoms with van der Waals surface area (Å²) in [6.07, 6.45) is 3.22. The van der Waals surface area contributed by atoms with Crippen LogP contribution in [0, 0.1) is 0 Å². The fraction of sp³-hybridized carbons (Fsp3) is 1.00. The molecule has 1 unspecified atom stereocenters. The van der Waals surface area contributed by atoms with Crippen LogP contribution in [0.25, 0.3) is 0 Å². The number of nitrogens with one attached hydrogen (secondary N) is 1. The molecule has 60 valence electrons. The van der Waals surface area contributed by atoms with E-state index in [0.717, 1.165) is 19.5 Å². The Morgan fingerprint density at radius 1 is 1.70 bits per heavy atom. The molecule has 0 spiro atoms. The zero-order valence-corrected chi connectivity index (χ0v) is 6.89. The second-order valence-electron chi connectivity index (χ2n) is 2.97. The fourth-order valence-electron chi connectivity index (χ4n) is 1.17. The second-order valence-corrected chi connectivity index (χ2v) is 2.97. The molecule has 0 radical (unpaired) electrons. The summed E-state index contributed by atoms with van der Waals surface area (Å²) in [4.78, 5) is 0. The molecule has 1 aliphatic rings. The van der Waals surface area contributed by atoms with Crippen molar-refractivity contribution in [3.05, 3.63) is 0 Å². The Morgan fingerprint density at radius 3 is 3.00 bits per heavy atom. The van der Waals surface area contributed by atoms with Gasteiger partial charge >= 0.3 is 0 Å². The lowest BCUT2D eigenvalue weighted by atomic mass is 10.3. The molecule has 1 rings (SSSR count). The SMILES string of the molecule is CCC(C)O[C@H]1CCNC1. The molecule has 0 amide bonds. The van der Waals surface area contributed by atoms with Crippen molar-refractivity contribution in [2.75, 3.05) is 13.1 Å². The van der Waals surface area contributed by atoms with Crippen LogP contribution in [-0.4, -0.2) is 25.3 Å². The molecule has 2 atom stereocenters. The van der Waals surface area contributed by atoms with E-state index < -0.39 is 0 Å². The van der Waals surface area contributed by atoms with E-state index in [2.05, 4.69) is 19.2 Å². The highest BCUT2D eigenvalue weighted by Gasteiger charge is 2.16. The van der Waals surface area contributed by atoms with Gasteiger partial charge in [-0.2, -0.15) is 0 Å². The largest absolute Gasteiger partial charge is 0.374 e. The minimum absolute atomic E-state index is 0.435. The first-order chi connectivity index (χ1) is 4.83. The first kappa shape index (κ1) is 8.02. The van der Waals surface area contributed by atoms with E-state index in [1.807, 2.05) is 0 Å². The summed E-state index contributed by atoms with van der Waals surface area (Å²) >= 11 is 0. The van der Waals surface area contributed by atoms with Gasteiger partial charge in [-0.15, -0.1) is 0 Å². The van der Waals surface area contributed by atoms with Gasteiger partial charge in [-0.3, -0.25) is 0 Å². The highest BCUT2D eigenvalue weighted by Crippen LogP contribution is 2.07. The number of hydrogen-bond donors (Lipinski definition) is 1. The topological polar surface area (TPSA) is 21.3 Å². The van der Waals surface area contributed by atoms with Crippen LogP contribution >= 0.6 is 0 Å². The molecule has 0 saturated carbocycles. The van der Waals surface area contributed by atoms with E-state index >= 15 is 0 Å². The lowest BCUT2D eigenvalue weighted by Gasteiger charge is -2.15. The average molecular weight is 143 g/mol. The summed E-state index contributed by atoms with van der Waals surface area (Å²) in [5.41, 5.74) is 0. The molecule has 2 heteroatoms. The van der Waals surface area contributed by atoms with E-state index in [0.29, 0.717) is 12.2 Å². The fourth-order valence-corrected chi connectivity index (χ4v) is 1.17. The first-order valence-corrected chi connectivity index (χ1v) is 4.19. The summed E-state index contributed by atoms with van der Waals surface area (Å²) in [6.45, 7) is 6.47. The average Bonchev–Trinajstić information content (AvgIpc) is 2.40. The molecule has 1 heterocycles. The highest BCUT2D eigenvalue weighted by molar-refractivity contribution is 4.71. The van der Waals surface area contributed by atoms with Gasteiger partial charge in [0.25, 0.3) is 0 Å². The Bertz CT molecular complexity index is 89.3. The number of hydrogen-bond acceptors (Lipinski definition) is 2. The van der Waals surface area contributed by atoms with Crippen LogP contribution in [-0.2, 0) is 4.74 Å². The lowest BCUT2D eigenvalue weighted by molar-refractivity contribution is 0.00785. The Balaban J connectivity index is 2.11. The quantitative estimate of drug-likeness (QED) is 0.640. The molecule has 0 aromatic carbocycles. The van der Waals surface area contributed by atoms with Crippen molar-refractivity contribution in [2.24, 2.45) is 0 Å². The third kappa shape index (κ3) is 2.27. The van der Waals surface area contributed by atoms with Gasteiger partial charge in [0.2, 0.25) is 0 Å². The molecule has 1 N–H and O–H groups in total. The normalized spacial score (nSPS) is 28.8. The van der Waals surface area contributed by atoms with E-state index in [4.69, 9.17) is 4.74 Å². The molecule has 0 aromatic heterocycles. The maximum absolute atomic E-state index is 5.70. The Labute approximate surface area is 63.0 Å². The van der Waals surface area contributed by atoms with E-state index in [9.17, 15) is 0 Å². The van der Waals surface area contributed by atoms with Gasteiger partial charge in [0.15, 0.2) is 0 Å². The standard InChI is InChI=1S/C8H17NO/c1-3-7(2)10-8-4-5-9-6-8/h7-9H,3-6H2,1-2H3/t7?,8-/m0/s1. The van der Waals surface area contributed by atoms with Gasteiger partial charge in [0.1, 0.15) is 0 Å². The van der Waals surface area contributed by atoms with Crippen LogP contribution in [0.15, 0.2) is 0 Å². The second kappa shape index (κ2) is 3.94. The molecule has 0 bridgehead atoms.